The van der Waals surface area contributed by atoms with Gasteiger partial charge in [-0.2, -0.15) is 0 Å². The zero-order valence-electron chi connectivity index (χ0n) is 10.6. The number of hydrogen-bond donors (Lipinski definition) is 2. The largest absolute Gasteiger partial charge is 0.523 e. The van der Waals surface area contributed by atoms with E-state index in [1.807, 2.05) is 13.8 Å². The predicted molar refractivity (Wildman–Crippen MR) is 67.2 cm³/mol. The quantitative estimate of drug-likeness (QED) is 0.675. The van der Waals surface area contributed by atoms with E-state index in [4.69, 9.17) is 25.1 Å². The summed E-state index contributed by atoms with van der Waals surface area (Å²) in [6.45, 7) is 8.14. The van der Waals surface area contributed by atoms with Crippen LogP contribution in [0.5, 0.6) is 0 Å². The Morgan fingerprint density at radius 1 is 1.25 bits per heavy atom. The van der Waals surface area contributed by atoms with Crippen molar-refractivity contribution in [1.82, 2.24) is 0 Å². The smallest absolute Gasteiger partial charge is 0.446 e. The Labute approximate surface area is 99.0 Å². The second-order valence-electron chi connectivity index (χ2n) is 4.90. The van der Waals surface area contributed by atoms with Crippen LogP contribution in [0, 0.1) is 5.92 Å². The first kappa shape index (κ1) is 14.1. The van der Waals surface area contributed by atoms with Crippen molar-refractivity contribution < 1.29 is 13.8 Å². The minimum atomic E-state index is -0.813. The molecule has 1 unspecified atom stereocenters. The van der Waals surface area contributed by atoms with Crippen LogP contribution < -0.4 is 11.3 Å². The monoisotopic (exact) mass is 226 g/mol. The van der Waals surface area contributed by atoms with Gasteiger partial charge in [-0.1, -0.05) is 20.8 Å². The Hall–Kier alpha value is -0.00519. The average molecular weight is 226 g/mol. The summed E-state index contributed by atoms with van der Waals surface area (Å²) in [6.07, 6.45) is 1.53. The summed E-state index contributed by atoms with van der Waals surface area (Å²) < 4.78 is 16.7. The summed E-state index contributed by atoms with van der Waals surface area (Å²) in [6, 6.07) is 0. The zero-order valence-corrected chi connectivity index (χ0v) is 10.6. The third-order valence-electron chi connectivity index (χ3n) is 2.94. The normalized spacial score (nSPS) is 27.6. The Bertz CT molecular complexity index is 235. The average Bonchev–Trinajstić information content (AvgIpc) is 2.24. The first-order valence-corrected chi connectivity index (χ1v) is 5.87. The van der Waals surface area contributed by atoms with Crippen molar-refractivity contribution >= 4 is 21.4 Å². The van der Waals surface area contributed by atoms with Crippen molar-refractivity contribution in [1.29, 1.82) is 0 Å². The highest BCUT2D eigenvalue weighted by Gasteiger charge is 2.46. The fourth-order valence-corrected chi connectivity index (χ4v) is 1.64. The van der Waals surface area contributed by atoms with E-state index >= 15 is 0 Å². The van der Waals surface area contributed by atoms with Gasteiger partial charge >= 0.3 is 21.4 Å². The molecule has 0 amide bonds. The van der Waals surface area contributed by atoms with Gasteiger partial charge in [0.2, 0.25) is 0 Å². The van der Waals surface area contributed by atoms with Crippen LogP contribution in [0.15, 0.2) is 0 Å². The molecule has 16 heavy (non-hydrogen) atoms. The van der Waals surface area contributed by atoms with Gasteiger partial charge in [0.25, 0.3) is 0 Å². The molecule has 1 aliphatic heterocycles. The number of nitrogens with two attached hydrogens (primary N) is 2. The van der Waals surface area contributed by atoms with Crippen molar-refractivity contribution in [3.05, 3.63) is 0 Å². The van der Waals surface area contributed by atoms with E-state index in [0.717, 1.165) is 12.7 Å². The van der Waals surface area contributed by atoms with Gasteiger partial charge in [0.05, 0.1) is 5.50 Å². The Morgan fingerprint density at radius 3 is 2.38 bits per heavy atom. The van der Waals surface area contributed by atoms with Gasteiger partial charge in [-0.05, 0) is 25.6 Å². The van der Waals surface area contributed by atoms with Crippen LogP contribution in [0.3, 0.4) is 0 Å². The zero-order chi connectivity index (χ0) is 12.3. The molecule has 0 saturated carbocycles. The first-order chi connectivity index (χ1) is 7.37. The summed E-state index contributed by atoms with van der Waals surface area (Å²) in [7, 11) is -1.73. The predicted octanol–water partition coefficient (Wildman–Crippen LogP) is 0.292. The van der Waals surface area contributed by atoms with Crippen molar-refractivity contribution in [3.8, 4) is 0 Å². The van der Waals surface area contributed by atoms with Crippen LogP contribution in [0.2, 0.25) is 6.32 Å². The topological polar surface area (TPSA) is 79.7 Å². The lowest BCUT2D eigenvalue weighted by Gasteiger charge is -2.31. The number of rotatable bonds is 3. The van der Waals surface area contributed by atoms with Crippen molar-refractivity contribution in [2.24, 2.45) is 17.2 Å². The highest BCUT2D eigenvalue weighted by molar-refractivity contribution is 6.68. The molecule has 90 valence electrons. The fraction of sp³-hybridized carbons (Fsp3) is 1.00. The van der Waals surface area contributed by atoms with E-state index in [0.29, 0.717) is 5.92 Å². The van der Waals surface area contributed by atoms with Crippen LogP contribution in [0.25, 0.3) is 0 Å². The Morgan fingerprint density at radius 2 is 1.88 bits per heavy atom. The maximum atomic E-state index is 5.90. The molecule has 4 N–H and O–H groups in total. The van der Waals surface area contributed by atoms with Gasteiger partial charge in [-0.25, -0.2) is 0 Å². The molecular formula is C8H21B3N2O3. The second-order valence-corrected chi connectivity index (χ2v) is 4.90. The lowest BCUT2D eigenvalue weighted by Crippen LogP contribution is -2.55. The molecule has 1 heterocycles. The van der Waals surface area contributed by atoms with Crippen LogP contribution in [-0.2, 0) is 13.8 Å². The first-order valence-electron chi connectivity index (χ1n) is 5.87. The molecule has 0 spiro atoms. The lowest BCUT2D eigenvalue weighted by molar-refractivity contribution is 0.133. The molecule has 0 aliphatic carbocycles. The third kappa shape index (κ3) is 3.50. The van der Waals surface area contributed by atoms with E-state index < -0.39 is 19.8 Å². The summed E-state index contributed by atoms with van der Waals surface area (Å²) in [5.41, 5.74) is 11.0. The van der Waals surface area contributed by atoms with Crippen LogP contribution in [0.1, 0.15) is 34.1 Å². The second kappa shape index (κ2) is 5.55. The van der Waals surface area contributed by atoms with E-state index in [9.17, 15) is 0 Å². The Balaban J connectivity index is 2.74. The highest BCUT2D eigenvalue weighted by atomic mass is 16.7. The molecule has 0 aromatic heterocycles. The SMILES string of the molecule is CCC1(C)OB(CC(C)C)OB(N)OB1N. The molecular weight excluding hydrogens is 205 g/mol. The maximum Gasteiger partial charge on any atom is 0.523 e. The fourth-order valence-electron chi connectivity index (χ4n) is 1.64. The van der Waals surface area contributed by atoms with Crippen molar-refractivity contribution in [3.63, 3.8) is 0 Å². The van der Waals surface area contributed by atoms with Gasteiger partial charge in [-0.3, -0.25) is 0 Å². The number of hydrogen-bond acceptors (Lipinski definition) is 5. The molecule has 0 bridgehead atoms. The minimum Gasteiger partial charge on any atom is -0.446 e. The summed E-state index contributed by atoms with van der Waals surface area (Å²) in [4.78, 5) is 0. The highest BCUT2D eigenvalue weighted by Crippen LogP contribution is 2.24. The van der Waals surface area contributed by atoms with E-state index in [-0.39, 0.29) is 7.12 Å². The molecule has 1 rings (SSSR count). The molecule has 0 aromatic rings. The molecule has 5 nitrogen and oxygen atoms in total. The summed E-state index contributed by atoms with van der Waals surface area (Å²) in [5, 5.41) is 0. The molecule has 0 aromatic carbocycles. The molecule has 8 heteroatoms. The van der Waals surface area contributed by atoms with Crippen LogP contribution >= 0.6 is 0 Å². The van der Waals surface area contributed by atoms with Crippen molar-refractivity contribution in [2.45, 2.75) is 45.9 Å². The Kier molecular flexibility index (Phi) is 4.88. The van der Waals surface area contributed by atoms with E-state index in [1.54, 1.807) is 0 Å². The molecule has 1 aliphatic rings. The van der Waals surface area contributed by atoms with Gasteiger partial charge < -0.3 is 25.1 Å². The van der Waals surface area contributed by atoms with Gasteiger partial charge in [0.1, 0.15) is 0 Å². The third-order valence-corrected chi connectivity index (χ3v) is 2.94. The molecule has 1 fully saturated rings. The van der Waals surface area contributed by atoms with Gasteiger partial charge in [-0.15, -0.1) is 0 Å². The van der Waals surface area contributed by atoms with Gasteiger partial charge in [0.15, 0.2) is 0 Å². The molecule has 1 atom stereocenters. The standard InChI is InChI=1S/C8H21B3N2O3/c1-5-8(4)10(12)16-11(13)15-9(14-8)6-7(2)3/h7H,5-6,12-13H2,1-4H3. The molecule has 0 radical (unpaired) electrons. The molecule has 1 saturated heterocycles. The van der Waals surface area contributed by atoms with E-state index in [1.165, 1.54) is 0 Å². The van der Waals surface area contributed by atoms with Crippen LogP contribution in [0.4, 0.5) is 0 Å². The summed E-state index contributed by atoms with van der Waals surface area (Å²) in [5.74, 6) is 0.465. The summed E-state index contributed by atoms with van der Waals surface area (Å²) >= 11 is 0. The maximum absolute atomic E-state index is 5.90. The minimum absolute atomic E-state index is 0.353. The van der Waals surface area contributed by atoms with Gasteiger partial charge in [0, 0.05) is 0 Å². The van der Waals surface area contributed by atoms with Crippen LogP contribution in [-0.4, -0.2) is 26.9 Å². The van der Waals surface area contributed by atoms with E-state index in [2.05, 4.69) is 13.8 Å². The lowest BCUT2D eigenvalue weighted by atomic mass is 9.61. The van der Waals surface area contributed by atoms with Crippen molar-refractivity contribution in [2.75, 3.05) is 0 Å².